The number of carbonyl (C=O) groups excluding carboxylic acids is 1. The van der Waals surface area contributed by atoms with E-state index in [9.17, 15) is 13.2 Å². The van der Waals surface area contributed by atoms with E-state index in [2.05, 4.69) is 15.9 Å². The van der Waals surface area contributed by atoms with Crippen molar-refractivity contribution in [2.75, 3.05) is 18.6 Å². The molecule has 2 heterocycles. The van der Waals surface area contributed by atoms with Crippen LogP contribution in [0.4, 0.5) is 0 Å². The summed E-state index contributed by atoms with van der Waals surface area (Å²) in [6, 6.07) is 9.92. The van der Waals surface area contributed by atoms with Gasteiger partial charge in [0.1, 0.15) is 11.5 Å². The summed E-state index contributed by atoms with van der Waals surface area (Å²) in [5, 5.41) is 0. The van der Waals surface area contributed by atoms with Crippen molar-refractivity contribution in [2.45, 2.75) is 19.0 Å². The third-order valence-corrected chi connectivity index (χ3v) is 6.38. The Bertz CT molecular complexity index is 859. The molecule has 3 rings (SSSR count). The molecule has 25 heavy (non-hydrogen) atoms. The number of ether oxygens (including phenoxy) is 1. The van der Waals surface area contributed by atoms with Gasteiger partial charge in [0, 0.05) is 11.6 Å². The molecule has 0 saturated carbocycles. The summed E-state index contributed by atoms with van der Waals surface area (Å²) >= 11 is 3.24. The first-order valence-corrected chi connectivity index (χ1v) is 10.4. The summed E-state index contributed by atoms with van der Waals surface area (Å²) in [5.74, 6) is 1.11. The molecule has 134 valence electrons. The highest BCUT2D eigenvalue weighted by atomic mass is 79.9. The van der Waals surface area contributed by atoms with Crippen LogP contribution in [0, 0.1) is 0 Å². The molecule has 1 unspecified atom stereocenters. The number of furan rings is 1. The molecule has 0 N–H and O–H groups in total. The number of amides is 1. The minimum atomic E-state index is -3.11. The predicted octanol–water partition coefficient (Wildman–Crippen LogP) is 2.88. The number of hydrogen-bond acceptors (Lipinski definition) is 5. The number of benzene rings is 1. The topological polar surface area (TPSA) is 76.8 Å². The van der Waals surface area contributed by atoms with Crippen molar-refractivity contribution in [3.8, 4) is 5.75 Å². The molecular weight excluding hydrogens is 410 g/mol. The van der Waals surface area contributed by atoms with E-state index in [-0.39, 0.29) is 30.0 Å². The van der Waals surface area contributed by atoms with Crippen molar-refractivity contribution in [2.24, 2.45) is 0 Å². The van der Waals surface area contributed by atoms with Gasteiger partial charge < -0.3 is 14.1 Å². The van der Waals surface area contributed by atoms with Gasteiger partial charge in [-0.05, 0) is 58.7 Å². The van der Waals surface area contributed by atoms with E-state index >= 15 is 0 Å². The smallest absolute Gasteiger partial charge is 0.254 e. The summed E-state index contributed by atoms with van der Waals surface area (Å²) in [4.78, 5) is 14.6. The third kappa shape index (κ3) is 4.24. The Labute approximate surface area is 154 Å². The number of rotatable bonds is 5. The monoisotopic (exact) mass is 427 g/mol. The van der Waals surface area contributed by atoms with Crippen LogP contribution < -0.4 is 4.74 Å². The number of hydrogen-bond donors (Lipinski definition) is 0. The van der Waals surface area contributed by atoms with E-state index in [0.29, 0.717) is 28.2 Å². The number of nitrogens with zero attached hydrogens (tertiary/aromatic N) is 1. The van der Waals surface area contributed by atoms with Gasteiger partial charge in [0.15, 0.2) is 14.5 Å². The van der Waals surface area contributed by atoms with Crippen LogP contribution in [0.25, 0.3) is 0 Å². The molecule has 1 amide bonds. The zero-order valence-electron chi connectivity index (χ0n) is 13.6. The summed E-state index contributed by atoms with van der Waals surface area (Å²) < 4.78 is 34.9. The van der Waals surface area contributed by atoms with Gasteiger partial charge in [-0.25, -0.2) is 8.42 Å². The first-order chi connectivity index (χ1) is 11.9. The van der Waals surface area contributed by atoms with Crippen molar-refractivity contribution < 1.29 is 22.4 Å². The van der Waals surface area contributed by atoms with Crippen LogP contribution in [0.3, 0.4) is 0 Å². The lowest BCUT2D eigenvalue weighted by Gasteiger charge is -2.27. The Morgan fingerprint density at radius 1 is 1.28 bits per heavy atom. The summed E-state index contributed by atoms with van der Waals surface area (Å²) in [6.45, 7) is 0.219. The minimum absolute atomic E-state index is 0.0171. The molecule has 1 atom stereocenters. The van der Waals surface area contributed by atoms with Gasteiger partial charge in [-0.2, -0.15) is 0 Å². The summed E-state index contributed by atoms with van der Waals surface area (Å²) in [6.07, 6.45) is 0.437. The standard InChI is InChI=1S/C17H18BrNO5S/c1-23-14-4-2-12(3-5-14)17(20)19(10-15-6-7-16(18)24-15)13-8-9-25(21,22)11-13/h2-7,13H,8-11H2,1H3. The van der Waals surface area contributed by atoms with Gasteiger partial charge >= 0.3 is 0 Å². The molecule has 8 heteroatoms. The fourth-order valence-corrected chi connectivity index (χ4v) is 4.96. The number of carbonyl (C=O) groups is 1. The van der Waals surface area contributed by atoms with E-state index in [4.69, 9.17) is 9.15 Å². The van der Waals surface area contributed by atoms with Gasteiger partial charge in [-0.15, -0.1) is 0 Å². The quantitative estimate of drug-likeness (QED) is 0.732. The van der Waals surface area contributed by atoms with Crippen LogP contribution in [0.5, 0.6) is 5.75 Å². The van der Waals surface area contributed by atoms with Crippen LogP contribution in [0.2, 0.25) is 0 Å². The molecule has 1 fully saturated rings. The van der Waals surface area contributed by atoms with Crippen LogP contribution in [0.1, 0.15) is 22.5 Å². The first kappa shape index (κ1) is 18.0. The average Bonchev–Trinajstić information content (AvgIpc) is 3.17. The van der Waals surface area contributed by atoms with Gasteiger partial charge in [-0.1, -0.05) is 0 Å². The van der Waals surface area contributed by atoms with Crippen molar-refractivity contribution >= 4 is 31.7 Å². The Balaban J connectivity index is 1.87. The van der Waals surface area contributed by atoms with Gasteiger partial charge in [0.2, 0.25) is 0 Å². The zero-order chi connectivity index (χ0) is 18.0. The highest BCUT2D eigenvalue weighted by Gasteiger charge is 2.35. The molecular formula is C17H18BrNO5S. The SMILES string of the molecule is COc1ccc(C(=O)N(Cc2ccc(Br)o2)C2CCS(=O)(=O)C2)cc1. The molecule has 0 aliphatic carbocycles. The first-order valence-electron chi connectivity index (χ1n) is 7.77. The second kappa shape index (κ2) is 7.21. The maximum atomic E-state index is 13.0. The van der Waals surface area contributed by atoms with Crippen molar-refractivity contribution in [1.29, 1.82) is 0 Å². The lowest BCUT2D eigenvalue weighted by Crippen LogP contribution is -2.40. The van der Waals surface area contributed by atoms with Crippen LogP contribution in [-0.4, -0.2) is 43.9 Å². The lowest BCUT2D eigenvalue weighted by molar-refractivity contribution is 0.0665. The molecule has 0 radical (unpaired) electrons. The van der Waals surface area contributed by atoms with Gasteiger partial charge in [0.25, 0.3) is 5.91 Å². The van der Waals surface area contributed by atoms with E-state index < -0.39 is 9.84 Å². The fourth-order valence-electron chi connectivity index (χ4n) is 2.89. The van der Waals surface area contributed by atoms with Crippen molar-refractivity contribution in [3.05, 3.63) is 52.4 Å². The van der Waals surface area contributed by atoms with Gasteiger partial charge in [-0.3, -0.25) is 4.79 Å². The Hall–Kier alpha value is -1.80. The molecule has 2 aromatic rings. The fraction of sp³-hybridized carbons (Fsp3) is 0.353. The third-order valence-electron chi connectivity index (χ3n) is 4.20. The second-order valence-corrected chi connectivity index (χ2v) is 8.93. The lowest BCUT2D eigenvalue weighted by atomic mass is 10.1. The average molecular weight is 428 g/mol. The van der Waals surface area contributed by atoms with E-state index in [1.807, 2.05) is 0 Å². The van der Waals surface area contributed by atoms with Crippen LogP contribution in [-0.2, 0) is 16.4 Å². The van der Waals surface area contributed by atoms with E-state index in [1.54, 1.807) is 48.4 Å². The normalized spacial score (nSPS) is 18.9. The Kier molecular flexibility index (Phi) is 5.19. The molecule has 1 saturated heterocycles. The Morgan fingerprint density at radius 3 is 2.52 bits per heavy atom. The summed E-state index contributed by atoms with van der Waals surface area (Å²) in [5.41, 5.74) is 0.482. The molecule has 1 aromatic carbocycles. The maximum Gasteiger partial charge on any atom is 0.254 e. The Morgan fingerprint density at radius 2 is 2.00 bits per heavy atom. The highest BCUT2D eigenvalue weighted by Crippen LogP contribution is 2.24. The predicted molar refractivity (Wildman–Crippen MR) is 96.3 cm³/mol. The largest absolute Gasteiger partial charge is 0.497 e. The summed E-state index contributed by atoms with van der Waals surface area (Å²) in [7, 11) is -1.55. The van der Waals surface area contributed by atoms with Crippen LogP contribution in [0.15, 0.2) is 45.5 Å². The highest BCUT2D eigenvalue weighted by molar-refractivity contribution is 9.10. The minimum Gasteiger partial charge on any atom is -0.497 e. The molecule has 1 aliphatic heterocycles. The van der Waals surface area contributed by atoms with E-state index in [0.717, 1.165) is 0 Å². The number of sulfone groups is 1. The molecule has 1 aliphatic rings. The second-order valence-electron chi connectivity index (χ2n) is 5.92. The number of halogens is 1. The number of methoxy groups -OCH3 is 1. The molecule has 1 aromatic heterocycles. The molecule has 0 spiro atoms. The molecule has 6 nitrogen and oxygen atoms in total. The van der Waals surface area contributed by atoms with Crippen LogP contribution >= 0.6 is 15.9 Å². The maximum absolute atomic E-state index is 13.0. The van der Waals surface area contributed by atoms with E-state index in [1.165, 1.54) is 0 Å². The van der Waals surface area contributed by atoms with Crippen molar-refractivity contribution in [3.63, 3.8) is 0 Å². The van der Waals surface area contributed by atoms with Gasteiger partial charge in [0.05, 0.1) is 25.2 Å². The molecule has 0 bridgehead atoms. The zero-order valence-corrected chi connectivity index (χ0v) is 16.0. The van der Waals surface area contributed by atoms with Crippen molar-refractivity contribution in [1.82, 2.24) is 4.90 Å².